The van der Waals surface area contributed by atoms with Crippen LogP contribution in [0.1, 0.15) is 23.6 Å². The first-order chi connectivity index (χ1) is 10.1. The van der Waals surface area contributed by atoms with Gasteiger partial charge in [-0.25, -0.2) is 0 Å². The summed E-state index contributed by atoms with van der Waals surface area (Å²) >= 11 is 0. The molecule has 0 bridgehead atoms. The molecule has 0 aromatic heterocycles. The topological polar surface area (TPSA) is 67.5 Å². The van der Waals surface area contributed by atoms with Gasteiger partial charge in [-0.05, 0) is 31.0 Å². The summed E-state index contributed by atoms with van der Waals surface area (Å²) in [4.78, 5) is 10.4. The molecule has 106 valence electrons. The number of nitrogens with zero attached hydrogens (tertiary/aromatic N) is 2. The summed E-state index contributed by atoms with van der Waals surface area (Å²) in [7, 11) is 0. The second-order valence-electron chi connectivity index (χ2n) is 5.16. The number of rotatable bonds is 2. The number of benzene rings is 2. The Morgan fingerprint density at radius 2 is 1.90 bits per heavy atom. The molecule has 0 amide bonds. The Balaban J connectivity index is 2.06. The van der Waals surface area contributed by atoms with E-state index in [2.05, 4.69) is 23.5 Å². The molecule has 2 aromatic carbocycles. The number of nitrogens with one attached hydrogen (secondary N) is 1. The van der Waals surface area contributed by atoms with Gasteiger partial charge in [-0.2, -0.15) is 5.10 Å². The third-order valence-electron chi connectivity index (χ3n) is 3.55. The Kier molecular flexibility index (Phi) is 3.39. The van der Waals surface area contributed by atoms with E-state index in [9.17, 15) is 10.1 Å². The lowest BCUT2D eigenvalue weighted by Crippen LogP contribution is -2.21. The number of nitro benzene ring substituents is 1. The molecule has 0 aliphatic carbocycles. The number of hydrogen-bond donors (Lipinski definition) is 1. The lowest BCUT2D eigenvalue weighted by molar-refractivity contribution is -0.384. The lowest BCUT2D eigenvalue weighted by atomic mass is 9.95. The maximum Gasteiger partial charge on any atom is 0.269 e. The number of nitro groups is 1. The van der Waals surface area contributed by atoms with Crippen molar-refractivity contribution in [1.29, 1.82) is 0 Å². The van der Waals surface area contributed by atoms with Crippen LogP contribution >= 0.6 is 0 Å². The summed E-state index contributed by atoms with van der Waals surface area (Å²) in [6, 6.07) is 14.9. The summed E-state index contributed by atoms with van der Waals surface area (Å²) in [6.07, 6.45) is 0.899. The van der Waals surface area contributed by atoms with Crippen LogP contribution < -0.4 is 5.43 Å². The van der Waals surface area contributed by atoms with Crippen LogP contribution in [0, 0.1) is 10.1 Å². The van der Waals surface area contributed by atoms with Gasteiger partial charge >= 0.3 is 0 Å². The van der Waals surface area contributed by atoms with E-state index in [0.29, 0.717) is 0 Å². The molecular weight excluding hydrogens is 266 g/mol. The molecule has 0 spiro atoms. The van der Waals surface area contributed by atoms with Gasteiger partial charge in [0.25, 0.3) is 5.69 Å². The van der Waals surface area contributed by atoms with Gasteiger partial charge in [-0.3, -0.25) is 10.1 Å². The first-order valence-electron chi connectivity index (χ1n) is 6.81. The molecule has 1 atom stereocenters. The minimum absolute atomic E-state index is 0.0857. The Labute approximate surface area is 122 Å². The third-order valence-corrected chi connectivity index (χ3v) is 3.55. The summed E-state index contributed by atoms with van der Waals surface area (Å²) in [5.74, 6) is 0. The third kappa shape index (κ3) is 2.63. The molecule has 0 saturated heterocycles. The van der Waals surface area contributed by atoms with E-state index in [-0.39, 0.29) is 11.7 Å². The van der Waals surface area contributed by atoms with Crippen molar-refractivity contribution < 1.29 is 4.92 Å². The van der Waals surface area contributed by atoms with E-state index in [1.165, 1.54) is 17.7 Å². The SMILES string of the molecule is CC1Cc2ccccc2C(c2ccc([N+](=O)[O-])cc2)=NN1. The molecular formula is C16H15N3O2. The van der Waals surface area contributed by atoms with E-state index < -0.39 is 4.92 Å². The highest BCUT2D eigenvalue weighted by atomic mass is 16.6. The molecule has 1 aliphatic heterocycles. The number of non-ortho nitro benzene ring substituents is 1. The highest BCUT2D eigenvalue weighted by Crippen LogP contribution is 2.21. The second kappa shape index (κ2) is 5.36. The van der Waals surface area contributed by atoms with Crippen molar-refractivity contribution in [1.82, 2.24) is 5.43 Å². The van der Waals surface area contributed by atoms with Crippen molar-refractivity contribution in [2.24, 2.45) is 5.10 Å². The van der Waals surface area contributed by atoms with E-state index in [4.69, 9.17) is 0 Å². The Morgan fingerprint density at radius 1 is 1.19 bits per heavy atom. The molecule has 1 unspecified atom stereocenters. The van der Waals surface area contributed by atoms with Crippen LogP contribution in [0.2, 0.25) is 0 Å². The van der Waals surface area contributed by atoms with Crippen LogP contribution in [0.3, 0.4) is 0 Å². The van der Waals surface area contributed by atoms with Crippen molar-refractivity contribution in [3.63, 3.8) is 0 Å². The molecule has 0 saturated carbocycles. The standard InChI is InChI=1S/C16H15N3O2/c1-11-10-13-4-2-3-5-15(13)16(18-17-11)12-6-8-14(9-7-12)19(20)21/h2-9,11,17H,10H2,1H3. The first kappa shape index (κ1) is 13.3. The van der Waals surface area contributed by atoms with Crippen molar-refractivity contribution >= 4 is 11.4 Å². The minimum Gasteiger partial charge on any atom is -0.306 e. The number of hydrazone groups is 1. The lowest BCUT2D eigenvalue weighted by Gasteiger charge is -2.09. The van der Waals surface area contributed by atoms with Crippen molar-refractivity contribution in [2.45, 2.75) is 19.4 Å². The van der Waals surface area contributed by atoms with E-state index in [1.54, 1.807) is 12.1 Å². The molecule has 5 nitrogen and oxygen atoms in total. The van der Waals surface area contributed by atoms with Crippen molar-refractivity contribution in [2.75, 3.05) is 0 Å². The van der Waals surface area contributed by atoms with Crippen LogP contribution in [0.15, 0.2) is 53.6 Å². The summed E-state index contributed by atoms with van der Waals surface area (Å²) in [5, 5.41) is 15.2. The van der Waals surface area contributed by atoms with Gasteiger partial charge in [0.05, 0.1) is 10.6 Å². The maximum atomic E-state index is 10.7. The Hall–Kier alpha value is -2.69. The highest BCUT2D eigenvalue weighted by Gasteiger charge is 2.18. The number of hydrogen-bond acceptors (Lipinski definition) is 4. The van der Waals surface area contributed by atoms with Gasteiger partial charge in [-0.15, -0.1) is 0 Å². The first-order valence-corrected chi connectivity index (χ1v) is 6.81. The van der Waals surface area contributed by atoms with Gasteiger partial charge in [-0.1, -0.05) is 24.3 Å². The van der Waals surface area contributed by atoms with Gasteiger partial charge in [0.15, 0.2) is 0 Å². The monoisotopic (exact) mass is 281 g/mol. The van der Waals surface area contributed by atoms with Crippen LogP contribution in [0.4, 0.5) is 5.69 Å². The molecule has 1 heterocycles. The molecule has 3 rings (SSSR count). The number of fused-ring (bicyclic) bond motifs is 1. The van der Waals surface area contributed by atoms with E-state index >= 15 is 0 Å². The zero-order chi connectivity index (χ0) is 14.8. The van der Waals surface area contributed by atoms with Crippen LogP contribution in [-0.4, -0.2) is 16.7 Å². The average Bonchev–Trinajstić information content (AvgIpc) is 2.65. The zero-order valence-corrected chi connectivity index (χ0v) is 11.6. The fraction of sp³-hybridized carbons (Fsp3) is 0.188. The molecule has 21 heavy (non-hydrogen) atoms. The minimum atomic E-state index is -0.396. The van der Waals surface area contributed by atoms with Gasteiger partial charge in [0, 0.05) is 29.3 Å². The van der Waals surface area contributed by atoms with Crippen LogP contribution in [0.5, 0.6) is 0 Å². The molecule has 0 fully saturated rings. The smallest absolute Gasteiger partial charge is 0.269 e. The van der Waals surface area contributed by atoms with Gasteiger partial charge in [0.2, 0.25) is 0 Å². The van der Waals surface area contributed by atoms with Gasteiger partial charge in [0.1, 0.15) is 0 Å². The Bertz CT molecular complexity index is 708. The normalized spacial score (nSPS) is 17.2. The van der Waals surface area contributed by atoms with Crippen molar-refractivity contribution in [3.05, 3.63) is 75.3 Å². The fourth-order valence-corrected chi connectivity index (χ4v) is 2.50. The maximum absolute atomic E-state index is 10.7. The molecule has 5 heteroatoms. The summed E-state index contributed by atoms with van der Waals surface area (Å²) in [5.41, 5.74) is 7.21. The summed E-state index contributed by atoms with van der Waals surface area (Å²) < 4.78 is 0. The fourth-order valence-electron chi connectivity index (χ4n) is 2.50. The van der Waals surface area contributed by atoms with E-state index in [0.717, 1.165) is 23.3 Å². The highest BCUT2D eigenvalue weighted by molar-refractivity contribution is 6.13. The van der Waals surface area contributed by atoms with E-state index in [1.807, 2.05) is 18.2 Å². The average molecular weight is 281 g/mol. The van der Waals surface area contributed by atoms with Gasteiger partial charge < -0.3 is 5.43 Å². The predicted molar refractivity (Wildman–Crippen MR) is 81.5 cm³/mol. The van der Waals surface area contributed by atoms with Crippen LogP contribution in [0.25, 0.3) is 0 Å². The predicted octanol–water partition coefficient (Wildman–Crippen LogP) is 2.88. The Morgan fingerprint density at radius 3 is 2.62 bits per heavy atom. The summed E-state index contributed by atoms with van der Waals surface area (Å²) in [6.45, 7) is 2.08. The molecule has 0 radical (unpaired) electrons. The second-order valence-corrected chi connectivity index (χ2v) is 5.16. The molecule has 1 aliphatic rings. The molecule has 1 N–H and O–H groups in total. The van der Waals surface area contributed by atoms with Crippen LogP contribution in [-0.2, 0) is 6.42 Å². The largest absolute Gasteiger partial charge is 0.306 e. The quantitative estimate of drug-likeness (QED) is 0.680. The molecule has 2 aromatic rings. The zero-order valence-electron chi connectivity index (χ0n) is 11.6. The van der Waals surface area contributed by atoms with Crippen molar-refractivity contribution in [3.8, 4) is 0 Å².